The summed E-state index contributed by atoms with van der Waals surface area (Å²) in [4.78, 5) is 28.3. The molecule has 0 bridgehead atoms. The highest BCUT2D eigenvalue weighted by molar-refractivity contribution is 5.90. The van der Waals surface area contributed by atoms with E-state index in [0.717, 1.165) is 36.2 Å². The molecule has 1 fully saturated rings. The molecule has 0 saturated carbocycles. The molecule has 1 aliphatic rings. The van der Waals surface area contributed by atoms with E-state index in [-0.39, 0.29) is 18.0 Å². The van der Waals surface area contributed by atoms with Crippen molar-refractivity contribution in [1.82, 2.24) is 9.80 Å². The average Bonchev–Trinajstić information content (AvgIpc) is 2.57. The van der Waals surface area contributed by atoms with Crippen LogP contribution in [0.15, 0.2) is 18.2 Å². The van der Waals surface area contributed by atoms with Crippen molar-refractivity contribution in [1.29, 1.82) is 0 Å². The van der Waals surface area contributed by atoms with Gasteiger partial charge < -0.3 is 19.9 Å². The van der Waals surface area contributed by atoms with Gasteiger partial charge >= 0.3 is 12.1 Å². The average molecular weight is 376 g/mol. The number of rotatable bonds is 3. The van der Waals surface area contributed by atoms with Crippen molar-refractivity contribution >= 4 is 17.8 Å². The molecule has 1 aromatic rings. The number of carbonyl (C=O) groups excluding carboxylic acids is 2. The third-order valence-electron chi connectivity index (χ3n) is 4.89. The Kier molecular flexibility index (Phi) is 6.73. The van der Waals surface area contributed by atoms with E-state index in [1.54, 1.807) is 11.9 Å². The number of ether oxygens (including phenoxy) is 1. The van der Waals surface area contributed by atoms with Crippen LogP contribution in [0.2, 0.25) is 0 Å². The zero-order chi connectivity index (χ0) is 20.2. The fourth-order valence-corrected chi connectivity index (χ4v) is 3.28. The third-order valence-corrected chi connectivity index (χ3v) is 4.89. The van der Waals surface area contributed by atoms with Crippen LogP contribution in [0.4, 0.5) is 15.3 Å². The maximum atomic E-state index is 12.7. The number of hydrogen-bond acceptors (Lipinski definition) is 3. The maximum Gasteiger partial charge on any atom is 0.410 e. The summed E-state index contributed by atoms with van der Waals surface area (Å²) in [6.07, 6.45) is 1.62. The van der Waals surface area contributed by atoms with Crippen molar-refractivity contribution in [2.24, 2.45) is 5.92 Å². The molecule has 0 spiro atoms. The topological polar surface area (TPSA) is 61.9 Å². The first kappa shape index (κ1) is 21.1. The molecule has 1 aliphatic heterocycles. The molecule has 27 heavy (non-hydrogen) atoms. The summed E-state index contributed by atoms with van der Waals surface area (Å²) >= 11 is 0. The van der Waals surface area contributed by atoms with Gasteiger partial charge in [-0.3, -0.25) is 0 Å². The van der Waals surface area contributed by atoms with Crippen LogP contribution >= 0.6 is 0 Å². The third kappa shape index (κ3) is 6.15. The largest absolute Gasteiger partial charge is 0.444 e. The number of nitrogens with one attached hydrogen (secondary N) is 1. The molecule has 0 aliphatic carbocycles. The molecule has 6 heteroatoms. The monoisotopic (exact) mass is 375 g/mol. The molecule has 3 amide bonds. The highest BCUT2D eigenvalue weighted by Gasteiger charge is 2.27. The van der Waals surface area contributed by atoms with Crippen molar-refractivity contribution < 1.29 is 14.3 Å². The van der Waals surface area contributed by atoms with Gasteiger partial charge in [-0.15, -0.1) is 0 Å². The van der Waals surface area contributed by atoms with Gasteiger partial charge in [-0.25, -0.2) is 9.59 Å². The van der Waals surface area contributed by atoms with E-state index in [1.165, 1.54) is 0 Å². The van der Waals surface area contributed by atoms with Crippen LogP contribution in [0.3, 0.4) is 0 Å². The molecule has 1 aromatic carbocycles. The van der Waals surface area contributed by atoms with Crippen molar-refractivity contribution in [3.8, 4) is 0 Å². The minimum Gasteiger partial charge on any atom is -0.444 e. The molecule has 0 radical (unpaired) electrons. The van der Waals surface area contributed by atoms with Gasteiger partial charge in [-0.05, 0) is 70.6 Å². The number of amides is 3. The fourth-order valence-electron chi connectivity index (χ4n) is 3.28. The first-order valence-electron chi connectivity index (χ1n) is 9.63. The SMILES string of the molecule is Cc1cccc(NC(=O)N2CCC[C@H](CN(C)C(=O)OC(C)(C)C)C2)c1C. The lowest BCUT2D eigenvalue weighted by atomic mass is 9.98. The molecule has 1 atom stereocenters. The molecule has 6 nitrogen and oxygen atoms in total. The van der Waals surface area contributed by atoms with Gasteiger partial charge in [0.25, 0.3) is 0 Å². The summed E-state index contributed by atoms with van der Waals surface area (Å²) in [7, 11) is 1.75. The summed E-state index contributed by atoms with van der Waals surface area (Å²) in [5.74, 6) is 0.251. The van der Waals surface area contributed by atoms with Crippen molar-refractivity contribution in [2.75, 3.05) is 32.0 Å². The van der Waals surface area contributed by atoms with Gasteiger partial charge in [0, 0.05) is 32.4 Å². The van der Waals surface area contributed by atoms with Gasteiger partial charge in [-0.1, -0.05) is 12.1 Å². The molecule has 0 unspecified atom stereocenters. The molecule has 1 saturated heterocycles. The lowest BCUT2D eigenvalue weighted by Gasteiger charge is -2.35. The second kappa shape index (κ2) is 8.63. The van der Waals surface area contributed by atoms with E-state index in [9.17, 15) is 9.59 Å². The summed E-state index contributed by atoms with van der Waals surface area (Å²) < 4.78 is 5.41. The normalized spacial score (nSPS) is 17.4. The number of aryl methyl sites for hydroxylation is 1. The molecule has 0 aromatic heterocycles. The van der Waals surface area contributed by atoms with E-state index in [4.69, 9.17) is 4.74 Å². The molecule has 150 valence electrons. The van der Waals surface area contributed by atoms with E-state index in [2.05, 4.69) is 5.32 Å². The number of anilines is 1. The van der Waals surface area contributed by atoms with Crippen LogP contribution in [-0.4, -0.2) is 54.2 Å². The Hall–Kier alpha value is -2.24. The number of piperidine rings is 1. The van der Waals surface area contributed by atoms with E-state index < -0.39 is 5.60 Å². The van der Waals surface area contributed by atoms with E-state index in [1.807, 2.05) is 57.7 Å². The second-order valence-electron chi connectivity index (χ2n) is 8.49. The zero-order valence-electron chi connectivity index (χ0n) is 17.5. The first-order chi connectivity index (χ1) is 12.6. The Morgan fingerprint density at radius 3 is 2.67 bits per heavy atom. The number of carbonyl (C=O) groups is 2. The second-order valence-corrected chi connectivity index (χ2v) is 8.49. The van der Waals surface area contributed by atoms with Crippen LogP contribution in [-0.2, 0) is 4.74 Å². The lowest BCUT2D eigenvalue weighted by Crippen LogP contribution is -2.46. The van der Waals surface area contributed by atoms with E-state index in [0.29, 0.717) is 13.1 Å². The van der Waals surface area contributed by atoms with Crippen LogP contribution in [0.5, 0.6) is 0 Å². The summed E-state index contributed by atoms with van der Waals surface area (Å²) in [5, 5.41) is 3.03. The molecule has 1 N–H and O–H groups in total. The summed E-state index contributed by atoms with van der Waals surface area (Å²) in [6.45, 7) is 11.6. The Balaban J connectivity index is 1.92. The number of urea groups is 1. The van der Waals surface area contributed by atoms with Crippen molar-refractivity contribution in [2.45, 2.75) is 53.1 Å². The van der Waals surface area contributed by atoms with Gasteiger partial charge in [0.05, 0.1) is 0 Å². The highest BCUT2D eigenvalue weighted by atomic mass is 16.6. The zero-order valence-corrected chi connectivity index (χ0v) is 17.5. The number of hydrogen-bond donors (Lipinski definition) is 1. The first-order valence-corrected chi connectivity index (χ1v) is 9.63. The van der Waals surface area contributed by atoms with Crippen LogP contribution in [0, 0.1) is 19.8 Å². The number of benzene rings is 1. The predicted molar refractivity (Wildman–Crippen MR) is 108 cm³/mol. The Labute approximate surface area is 162 Å². The smallest absolute Gasteiger partial charge is 0.410 e. The Morgan fingerprint density at radius 2 is 2.00 bits per heavy atom. The Morgan fingerprint density at radius 1 is 1.30 bits per heavy atom. The summed E-state index contributed by atoms with van der Waals surface area (Å²) in [5.41, 5.74) is 2.59. The van der Waals surface area contributed by atoms with Crippen LogP contribution < -0.4 is 5.32 Å². The van der Waals surface area contributed by atoms with Crippen molar-refractivity contribution in [3.63, 3.8) is 0 Å². The molecular weight excluding hydrogens is 342 g/mol. The summed E-state index contributed by atoms with van der Waals surface area (Å²) in [6, 6.07) is 5.84. The molecule has 1 heterocycles. The number of likely N-dealkylation sites (tertiary alicyclic amines) is 1. The predicted octanol–water partition coefficient (Wildman–Crippen LogP) is 4.41. The van der Waals surface area contributed by atoms with E-state index >= 15 is 0 Å². The molecular formula is C21H33N3O3. The van der Waals surface area contributed by atoms with Gasteiger partial charge in [-0.2, -0.15) is 0 Å². The van der Waals surface area contributed by atoms with Crippen LogP contribution in [0.25, 0.3) is 0 Å². The highest BCUT2D eigenvalue weighted by Crippen LogP contribution is 2.22. The van der Waals surface area contributed by atoms with Crippen molar-refractivity contribution in [3.05, 3.63) is 29.3 Å². The maximum absolute atomic E-state index is 12.7. The quantitative estimate of drug-likeness (QED) is 0.851. The molecule has 2 rings (SSSR count). The number of nitrogens with zero attached hydrogens (tertiary/aromatic N) is 2. The van der Waals surface area contributed by atoms with Gasteiger partial charge in [0.15, 0.2) is 0 Å². The van der Waals surface area contributed by atoms with Crippen LogP contribution in [0.1, 0.15) is 44.7 Å². The lowest BCUT2D eigenvalue weighted by molar-refractivity contribution is 0.0253. The Bertz CT molecular complexity index is 682. The van der Waals surface area contributed by atoms with Gasteiger partial charge in [0.1, 0.15) is 5.60 Å². The van der Waals surface area contributed by atoms with Gasteiger partial charge in [0.2, 0.25) is 0 Å². The standard InChI is InChI=1S/C21H33N3O3/c1-15-9-7-11-18(16(15)2)22-19(25)24-12-8-10-17(14-24)13-23(6)20(26)27-21(3,4)5/h7,9,11,17H,8,10,12-14H2,1-6H3,(H,22,25)/t17-/m1/s1. The minimum absolute atomic E-state index is 0.0756. The minimum atomic E-state index is -0.504. The fraction of sp³-hybridized carbons (Fsp3) is 0.619.